The highest BCUT2D eigenvalue weighted by molar-refractivity contribution is 5.01. The smallest absolute Gasteiger partial charge is 0.0826 e. The molecule has 1 saturated heterocycles. The molecule has 2 fully saturated rings. The number of ether oxygens (including phenoxy) is 1. The third kappa shape index (κ3) is 2.40. The molecule has 3 atom stereocenters. The molecule has 1 saturated carbocycles. The van der Waals surface area contributed by atoms with Gasteiger partial charge in [-0.1, -0.05) is 13.8 Å². The minimum Gasteiger partial charge on any atom is -0.392 e. The maximum Gasteiger partial charge on any atom is 0.0826 e. The lowest BCUT2D eigenvalue weighted by Crippen LogP contribution is -2.61. The largest absolute Gasteiger partial charge is 0.392 e. The second-order valence-electron chi connectivity index (χ2n) is 5.79. The van der Waals surface area contributed by atoms with Crippen LogP contribution < -0.4 is 5.32 Å². The summed E-state index contributed by atoms with van der Waals surface area (Å²) in [5.41, 5.74) is 0.0145. The van der Waals surface area contributed by atoms with E-state index in [-0.39, 0.29) is 11.5 Å². The van der Waals surface area contributed by atoms with Crippen molar-refractivity contribution in [2.45, 2.75) is 38.5 Å². The van der Waals surface area contributed by atoms with Gasteiger partial charge in [0.05, 0.1) is 18.8 Å². The zero-order chi connectivity index (χ0) is 11.8. The highest BCUT2D eigenvalue weighted by atomic mass is 16.5. The zero-order valence-electron chi connectivity index (χ0n) is 10.6. The lowest BCUT2D eigenvalue weighted by atomic mass is 9.64. The van der Waals surface area contributed by atoms with Crippen molar-refractivity contribution < 1.29 is 9.84 Å². The molecular formula is C12H24N2O2. The van der Waals surface area contributed by atoms with Gasteiger partial charge in [0.2, 0.25) is 0 Å². The van der Waals surface area contributed by atoms with Crippen LogP contribution >= 0.6 is 0 Å². The molecule has 0 aromatic heterocycles. The van der Waals surface area contributed by atoms with Crippen LogP contribution in [0.15, 0.2) is 0 Å². The SMILES string of the molecule is CN1CCOC(CNC2CC(O)C2(C)C)C1. The van der Waals surface area contributed by atoms with Crippen molar-refractivity contribution in [2.24, 2.45) is 5.41 Å². The Hall–Kier alpha value is -0.160. The molecule has 0 amide bonds. The Morgan fingerprint density at radius 2 is 2.25 bits per heavy atom. The number of rotatable bonds is 3. The molecule has 0 bridgehead atoms. The molecule has 2 aliphatic rings. The van der Waals surface area contributed by atoms with E-state index in [1.54, 1.807) is 0 Å². The van der Waals surface area contributed by atoms with Crippen molar-refractivity contribution in [2.75, 3.05) is 33.3 Å². The summed E-state index contributed by atoms with van der Waals surface area (Å²) in [6.45, 7) is 8.00. The van der Waals surface area contributed by atoms with E-state index in [1.165, 1.54) is 0 Å². The van der Waals surface area contributed by atoms with E-state index in [4.69, 9.17) is 4.74 Å². The quantitative estimate of drug-likeness (QED) is 0.717. The van der Waals surface area contributed by atoms with Gasteiger partial charge in [-0.25, -0.2) is 0 Å². The summed E-state index contributed by atoms with van der Waals surface area (Å²) in [5, 5.41) is 13.2. The molecule has 1 aliphatic carbocycles. The molecule has 94 valence electrons. The summed E-state index contributed by atoms with van der Waals surface area (Å²) < 4.78 is 5.70. The Bertz CT molecular complexity index is 245. The van der Waals surface area contributed by atoms with Gasteiger partial charge in [0, 0.05) is 31.1 Å². The first kappa shape index (κ1) is 12.3. The van der Waals surface area contributed by atoms with Gasteiger partial charge in [-0.3, -0.25) is 0 Å². The molecule has 3 unspecified atom stereocenters. The van der Waals surface area contributed by atoms with Crippen molar-refractivity contribution in [1.82, 2.24) is 10.2 Å². The molecule has 1 aliphatic heterocycles. The number of hydrogen-bond acceptors (Lipinski definition) is 4. The van der Waals surface area contributed by atoms with Crippen LogP contribution in [-0.2, 0) is 4.74 Å². The van der Waals surface area contributed by atoms with E-state index in [1.807, 2.05) is 0 Å². The molecule has 4 nitrogen and oxygen atoms in total. The first-order valence-corrected chi connectivity index (χ1v) is 6.21. The second kappa shape index (κ2) is 4.61. The fourth-order valence-corrected chi connectivity index (χ4v) is 2.51. The molecule has 0 spiro atoms. The van der Waals surface area contributed by atoms with Gasteiger partial charge in [0.25, 0.3) is 0 Å². The van der Waals surface area contributed by atoms with Crippen molar-refractivity contribution in [3.8, 4) is 0 Å². The van der Waals surface area contributed by atoms with E-state index in [9.17, 15) is 5.11 Å². The van der Waals surface area contributed by atoms with Gasteiger partial charge >= 0.3 is 0 Å². The fraction of sp³-hybridized carbons (Fsp3) is 1.00. The van der Waals surface area contributed by atoms with Crippen LogP contribution in [0.25, 0.3) is 0 Å². The van der Waals surface area contributed by atoms with Crippen LogP contribution in [0, 0.1) is 5.41 Å². The maximum atomic E-state index is 9.65. The van der Waals surface area contributed by atoms with Crippen LogP contribution in [0.2, 0.25) is 0 Å². The van der Waals surface area contributed by atoms with Crippen molar-refractivity contribution in [3.05, 3.63) is 0 Å². The zero-order valence-corrected chi connectivity index (χ0v) is 10.6. The Morgan fingerprint density at radius 1 is 1.50 bits per heavy atom. The number of nitrogens with zero attached hydrogens (tertiary/aromatic N) is 1. The average molecular weight is 228 g/mol. The van der Waals surface area contributed by atoms with E-state index in [0.29, 0.717) is 12.1 Å². The Kier molecular flexibility index (Phi) is 3.54. The van der Waals surface area contributed by atoms with Crippen LogP contribution in [0.1, 0.15) is 20.3 Å². The number of hydrogen-bond donors (Lipinski definition) is 2. The minimum atomic E-state index is -0.153. The normalized spacial score (nSPS) is 39.4. The lowest BCUT2D eigenvalue weighted by molar-refractivity contribution is -0.0812. The van der Waals surface area contributed by atoms with Crippen molar-refractivity contribution >= 4 is 0 Å². The summed E-state index contributed by atoms with van der Waals surface area (Å²) in [7, 11) is 2.13. The Balaban J connectivity index is 1.72. The monoisotopic (exact) mass is 228 g/mol. The first-order chi connectivity index (χ1) is 7.50. The fourth-order valence-electron chi connectivity index (χ4n) is 2.51. The third-order valence-corrected chi connectivity index (χ3v) is 4.15. The van der Waals surface area contributed by atoms with E-state index < -0.39 is 0 Å². The van der Waals surface area contributed by atoms with Gasteiger partial charge in [0.15, 0.2) is 0 Å². The van der Waals surface area contributed by atoms with Gasteiger partial charge in [-0.05, 0) is 13.5 Å². The van der Waals surface area contributed by atoms with Gasteiger partial charge < -0.3 is 20.1 Å². The van der Waals surface area contributed by atoms with Crippen LogP contribution in [0.5, 0.6) is 0 Å². The van der Waals surface area contributed by atoms with Gasteiger partial charge in [0.1, 0.15) is 0 Å². The number of likely N-dealkylation sites (N-methyl/N-ethyl adjacent to an activating group) is 1. The van der Waals surface area contributed by atoms with E-state index in [0.717, 1.165) is 32.7 Å². The lowest BCUT2D eigenvalue weighted by Gasteiger charge is -2.50. The summed E-state index contributed by atoms with van der Waals surface area (Å²) in [6, 6.07) is 0.429. The standard InChI is InChI=1S/C12H24N2O2/c1-12(2)10(6-11(12)15)13-7-9-8-14(3)4-5-16-9/h9-11,13,15H,4-8H2,1-3H3. The predicted octanol–water partition coefficient (Wildman–Crippen LogP) is 0.0660. The van der Waals surface area contributed by atoms with E-state index in [2.05, 4.69) is 31.1 Å². The third-order valence-electron chi connectivity index (χ3n) is 4.15. The number of nitrogens with one attached hydrogen (secondary N) is 1. The summed E-state index contributed by atoms with van der Waals surface area (Å²) in [6.07, 6.45) is 1.02. The molecule has 2 rings (SSSR count). The molecular weight excluding hydrogens is 204 g/mol. The summed E-state index contributed by atoms with van der Waals surface area (Å²) in [5.74, 6) is 0. The summed E-state index contributed by atoms with van der Waals surface area (Å²) in [4.78, 5) is 2.30. The highest BCUT2D eigenvalue weighted by Gasteiger charge is 2.47. The molecule has 4 heteroatoms. The average Bonchev–Trinajstić information content (AvgIpc) is 2.24. The van der Waals surface area contributed by atoms with Crippen molar-refractivity contribution in [3.63, 3.8) is 0 Å². The summed E-state index contributed by atoms with van der Waals surface area (Å²) >= 11 is 0. The van der Waals surface area contributed by atoms with Crippen LogP contribution in [0.4, 0.5) is 0 Å². The molecule has 0 aromatic carbocycles. The van der Waals surface area contributed by atoms with Gasteiger partial charge in [-0.2, -0.15) is 0 Å². The Labute approximate surface area is 98.0 Å². The molecule has 0 radical (unpaired) electrons. The maximum absolute atomic E-state index is 9.65. The molecule has 2 N–H and O–H groups in total. The minimum absolute atomic E-state index is 0.0145. The Morgan fingerprint density at radius 3 is 2.81 bits per heavy atom. The van der Waals surface area contributed by atoms with Gasteiger partial charge in [-0.15, -0.1) is 0 Å². The molecule has 0 aromatic rings. The van der Waals surface area contributed by atoms with Crippen molar-refractivity contribution in [1.29, 1.82) is 0 Å². The number of aliphatic hydroxyl groups excluding tert-OH is 1. The van der Waals surface area contributed by atoms with E-state index >= 15 is 0 Å². The second-order valence-corrected chi connectivity index (χ2v) is 5.79. The van der Waals surface area contributed by atoms with Crippen LogP contribution in [0.3, 0.4) is 0 Å². The molecule has 1 heterocycles. The number of morpholine rings is 1. The number of aliphatic hydroxyl groups is 1. The predicted molar refractivity (Wildman–Crippen MR) is 63.4 cm³/mol. The topological polar surface area (TPSA) is 44.7 Å². The molecule has 16 heavy (non-hydrogen) atoms. The first-order valence-electron chi connectivity index (χ1n) is 6.21. The highest BCUT2D eigenvalue weighted by Crippen LogP contribution is 2.40. The van der Waals surface area contributed by atoms with Crippen LogP contribution in [-0.4, -0.2) is 61.5 Å².